The van der Waals surface area contributed by atoms with Crippen molar-refractivity contribution >= 4 is 28.2 Å². The SMILES string of the molecule is Cc1ccc(Cl)cc1NCc1c[nH]c2ccccc12. The number of aromatic nitrogens is 1. The largest absolute Gasteiger partial charge is 0.381 e. The fourth-order valence-corrected chi connectivity index (χ4v) is 2.43. The van der Waals surface area contributed by atoms with Gasteiger partial charge < -0.3 is 10.3 Å². The third-order valence-corrected chi connectivity index (χ3v) is 3.58. The average Bonchev–Trinajstić information content (AvgIpc) is 2.83. The number of halogens is 1. The van der Waals surface area contributed by atoms with Crippen molar-refractivity contribution in [2.24, 2.45) is 0 Å². The highest BCUT2D eigenvalue weighted by atomic mass is 35.5. The van der Waals surface area contributed by atoms with Gasteiger partial charge in [0.2, 0.25) is 0 Å². The molecular weight excluding hydrogens is 256 g/mol. The normalized spacial score (nSPS) is 10.8. The van der Waals surface area contributed by atoms with Crippen LogP contribution in [0, 0.1) is 6.92 Å². The second-order valence-corrected chi connectivity index (χ2v) is 5.11. The Morgan fingerprint density at radius 1 is 1.16 bits per heavy atom. The van der Waals surface area contributed by atoms with Crippen LogP contribution < -0.4 is 5.32 Å². The molecule has 0 saturated heterocycles. The first-order valence-corrected chi connectivity index (χ1v) is 6.67. The number of hydrogen-bond donors (Lipinski definition) is 2. The minimum Gasteiger partial charge on any atom is -0.381 e. The van der Waals surface area contributed by atoms with E-state index in [9.17, 15) is 0 Å². The van der Waals surface area contributed by atoms with Crippen molar-refractivity contribution in [1.82, 2.24) is 4.98 Å². The average molecular weight is 271 g/mol. The summed E-state index contributed by atoms with van der Waals surface area (Å²) < 4.78 is 0. The van der Waals surface area contributed by atoms with Gasteiger partial charge in [-0.25, -0.2) is 0 Å². The van der Waals surface area contributed by atoms with Crippen molar-refractivity contribution < 1.29 is 0 Å². The molecule has 0 fully saturated rings. The van der Waals surface area contributed by atoms with Crippen LogP contribution in [0.5, 0.6) is 0 Å². The molecule has 96 valence electrons. The third kappa shape index (κ3) is 2.45. The molecule has 0 unspecified atom stereocenters. The van der Waals surface area contributed by atoms with Crippen molar-refractivity contribution in [3.8, 4) is 0 Å². The first kappa shape index (κ1) is 12.1. The topological polar surface area (TPSA) is 27.8 Å². The highest BCUT2D eigenvalue weighted by molar-refractivity contribution is 6.30. The summed E-state index contributed by atoms with van der Waals surface area (Å²) in [4.78, 5) is 3.28. The number of H-pyrrole nitrogens is 1. The van der Waals surface area contributed by atoms with Crippen molar-refractivity contribution in [3.05, 3.63) is 64.8 Å². The summed E-state index contributed by atoms with van der Waals surface area (Å²) in [5.41, 5.74) is 4.71. The number of para-hydroxylation sites is 1. The molecule has 3 aromatic rings. The summed E-state index contributed by atoms with van der Waals surface area (Å²) in [6.45, 7) is 2.86. The van der Waals surface area contributed by atoms with Gasteiger partial charge in [-0.2, -0.15) is 0 Å². The molecule has 1 heterocycles. The van der Waals surface area contributed by atoms with Gasteiger partial charge in [0.1, 0.15) is 0 Å². The number of hydrogen-bond acceptors (Lipinski definition) is 1. The van der Waals surface area contributed by atoms with Crippen LogP contribution in [0.4, 0.5) is 5.69 Å². The number of nitrogens with one attached hydrogen (secondary N) is 2. The zero-order valence-corrected chi connectivity index (χ0v) is 11.5. The smallest absolute Gasteiger partial charge is 0.0457 e. The quantitative estimate of drug-likeness (QED) is 0.707. The Bertz CT molecular complexity index is 716. The van der Waals surface area contributed by atoms with Crippen molar-refractivity contribution in [2.45, 2.75) is 13.5 Å². The molecule has 0 radical (unpaired) electrons. The number of benzene rings is 2. The van der Waals surface area contributed by atoms with Gasteiger partial charge in [-0.15, -0.1) is 0 Å². The molecule has 2 nitrogen and oxygen atoms in total. The minimum absolute atomic E-state index is 0.757. The number of aromatic amines is 1. The fraction of sp³-hybridized carbons (Fsp3) is 0.125. The molecule has 0 aliphatic heterocycles. The predicted octanol–water partition coefficient (Wildman–Crippen LogP) is 4.74. The van der Waals surface area contributed by atoms with Crippen LogP contribution in [0.25, 0.3) is 10.9 Å². The summed E-state index contributed by atoms with van der Waals surface area (Å²) in [5.74, 6) is 0. The van der Waals surface area contributed by atoms with Gasteiger partial charge in [-0.05, 0) is 36.2 Å². The van der Waals surface area contributed by atoms with E-state index in [0.29, 0.717) is 0 Å². The standard InChI is InChI=1S/C16H15ClN2/c1-11-6-7-13(17)8-16(11)19-10-12-9-18-15-5-3-2-4-14(12)15/h2-9,18-19H,10H2,1H3. The van der Waals surface area contributed by atoms with Gasteiger partial charge in [0.05, 0.1) is 0 Å². The monoisotopic (exact) mass is 270 g/mol. The summed E-state index contributed by atoms with van der Waals surface area (Å²) in [6, 6.07) is 14.2. The van der Waals surface area contributed by atoms with E-state index in [1.54, 1.807) is 0 Å². The van der Waals surface area contributed by atoms with Crippen LogP contribution in [0.3, 0.4) is 0 Å². The van der Waals surface area contributed by atoms with Gasteiger partial charge in [-0.3, -0.25) is 0 Å². The molecule has 2 aromatic carbocycles. The fourth-order valence-electron chi connectivity index (χ4n) is 2.25. The van der Waals surface area contributed by atoms with E-state index in [1.165, 1.54) is 22.0 Å². The summed E-state index contributed by atoms with van der Waals surface area (Å²) in [6.07, 6.45) is 2.05. The number of rotatable bonds is 3. The Morgan fingerprint density at radius 2 is 2.00 bits per heavy atom. The van der Waals surface area contributed by atoms with Gasteiger partial charge in [-0.1, -0.05) is 35.9 Å². The minimum atomic E-state index is 0.757. The lowest BCUT2D eigenvalue weighted by Crippen LogP contribution is -2.00. The summed E-state index contributed by atoms with van der Waals surface area (Å²) >= 11 is 6.03. The summed E-state index contributed by atoms with van der Waals surface area (Å²) in [5, 5.41) is 5.46. The van der Waals surface area contributed by atoms with Crippen molar-refractivity contribution in [2.75, 3.05) is 5.32 Å². The van der Waals surface area contributed by atoms with E-state index >= 15 is 0 Å². The summed E-state index contributed by atoms with van der Waals surface area (Å²) in [7, 11) is 0. The highest BCUT2D eigenvalue weighted by Crippen LogP contribution is 2.23. The predicted molar refractivity (Wildman–Crippen MR) is 81.8 cm³/mol. The van der Waals surface area contributed by atoms with Gasteiger partial charge in [0.15, 0.2) is 0 Å². The lowest BCUT2D eigenvalue weighted by atomic mass is 10.1. The van der Waals surface area contributed by atoms with Crippen LogP contribution in [0.1, 0.15) is 11.1 Å². The maximum atomic E-state index is 6.03. The molecule has 2 N–H and O–H groups in total. The van der Waals surface area contributed by atoms with E-state index in [4.69, 9.17) is 11.6 Å². The van der Waals surface area contributed by atoms with Crippen molar-refractivity contribution in [3.63, 3.8) is 0 Å². The molecule has 0 aliphatic carbocycles. The van der Waals surface area contributed by atoms with Gasteiger partial charge in [0, 0.05) is 34.4 Å². The third-order valence-electron chi connectivity index (χ3n) is 3.34. The second-order valence-electron chi connectivity index (χ2n) is 4.67. The molecule has 1 aromatic heterocycles. The first-order valence-electron chi connectivity index (χ1n) is 6.29. The Kier molecular flexibility index (Phi) is 3.18. The lowest BCUT2D eigenvalue weighted by molar-refractivity contribution is 1.15. The number of fused-ring (bicyclic) bond motifs is 1. The highest BCUT2D eigenvalue weighted by Gasteiger charge is 2.04. The van der Waals surface area contributed by atoms with E-state index in [2.05, 4.69) is 41.6 Å². The Balaban J connectivity index is 1.84. The molecule has 0 spiro atoms. The van der Waals surface area contributed by atoms with Gasteiger partial charge in [0.25, 0.3) is 0 Å². The molecule has 19 heavy (non-hydrogen) atoms. The molecular formula is C16H15ClN2. The maximum absolute atomic E-state index is 6.03. The second kappa shape index (κ2) is 4.98. The Labute approximate surface area is 117 Å². The zero-order valence-electron chi connectivity index (χ0n) is 10.7. The molecule has 3 heteroatoms. The molecule has 3 rings (SSSR count). The van der Waals surface area contributed by atoms with E-state index in [1.807, 2.05) is 24.3 Å². The molecule has 0 saturated carbocycles. The molecule has 0 atom stereocenters. The molecule has 0 aliphatic rings. The van der Waals surface area contributed by atoms with Crippen LogP contribution in [0.15, 0.2) is 48.7 Å². The van der Waals surface area contributed by atoms with Crippen LogP contribution >= 0.6 is 11.6 Å². The van der Waals surface area contributed by atoms with Gasteiger partial charge >= 0.3 is 0 Å². The Hall–Kier alpha value is -1.93. The van der Waals surface area contributed by atoms with E-state index in [0.717, 1.165) is 17.3 Å². The van der Waals surface area contributed by atoms with Crippen molar-refractivity contribution in [1.29, 1.82) is 0 Å². The zero-order chi connectivity index (χ0) is 13.2. The lowest BCUT2D eigenvalue weighted by Gasteiger charge is -2.09. The first-order chi connectivity index (χ1) is 9.24. The Morgan fingerprint density at radius 3 is 2.89 bits per heavy atom. The van der Waals surface area contributed by atoms with E-state index in [-0.39, 0.29) is 0 Å². The van der Waals surface area contributed by atoms with Crippen LogP contribution in [0.2, 0.25) is 5.02 Å². The molecule has 0 amide bonds. The van der Waals surface area contributed by atoms with Crippen LogP contribution in [-0.4, -0.2) is 4.98 Å². The number of aryl methyl sites for hydroxylation is 1. The maximum Gasteiger partial charge on any atom is 0.0457 e. The molecule has 0 bridgehead atoms. The van der Waals surface area contributed by atoms with E-state index < -0.39 is 0 Å². The van der Waals surface area contributed by atoms with Crippen LogP contribution in [-0.2, 0) is 6.54 Å². The number of anilines is 1.